The van der Waals surface area contributed by atoms with Crippen LogP contribution in [0.3, 0.4) is 0 Å². The lowest BCUT2D eigenvalue weighted by atomic mass is 9.63. The van der Waals surface area contributed by atoms with E-state index in [0.717, 1.165) is 5.56 Å². The van der Waals surface area contributed by atoms with Crippen LogP contribution in [0, 0.1) is 22.7 Å². The number of nitriles is 1. The van der Waals surface area contributed by atoms with Crippen LogP contribution in [0.5, 0.6) is 0 Å². The summed E-state index contributed by atoms with van der Waals surface area (Å²) in [4.78, 5) is 12.1. The first-order chi connectivity index (χ1) is 8.59. The molecule has 1 fully saturated rings. The highest BCUT2D eigenvalue weighted by molar-refractivity contribution is 5.97. The van der Waals surface area contributed by atoms with Gasteiger partial charge in [-0.1, -0.05) is 19.1 Å². The van der Waals surface area contributed by atoms with Crippen LogP contribution in [0.1, 0.15) is 25.3 Å². The number of aliphatic hydroxyl groups is 1. The fraction of sp³-hybridized carbons (Fsp3) is 0.429. The van der Waals surface area contributed by atoms with Crippen LogP contribution in [0.25, 0.3) is 0 Å². The maximum Gasteiger partial charge on any atom is 0.244 e. The Morgan fingerprint density at radius 2 is 2.11 bits per heavy atom. The van der Waals surface area contributed by atoms with Crippen LogP contribution in [-0.2, 0) is 11.4 Å². The Balaban J connectivity index is 2.05. The van der Waals surface area contributed by atoms with Crippen LogP contribution in [0.4, 0.5) is 5.69 Å². The monoisotopic (exact) mass is 244 g/mol. The summed E-state index contributed by atoms with van der Waals surface area (Å²) >= 11 is 0. The van der Waals surface area contributed by atoms with Gasteiger partial charge in [0, 0.05) is 5.69 Å². The van der Waals surface area contributed by atoms with E-state index >= 15 is 0 Å². The molecule has 1 amide bonds. The molecule has 0 aliphatic heterocycles. The van der Waals surface area contributed by atoms with Crippen LogP contribution >= 0.6 is 0 Å². The second-order valence-corrected chi connectivity index (χ2v) is 5.02. The maximum atomic E-state index is 12.1. The van der Waals surface area contributed by atoms with E-state index in [-0.39, 0.29) is 12.5 Å². The number of aliphatic hydroxyl groups excluding tert-OH is 1. The van der Waals surface area contributed by atoms with Gasteiger partial charge in [-0.05, 0) is 36.5 Å². The third-order valence-electron chi connectivity index (χ3n) is 3.44. The first-order valence-corrected chi connectivity index (χ1v) is 6.02. The highest BCUT2D eigenvalue weighted by Crippen LogP contribution is 2.45. The van der Waals surface area contributed by atoms with Crippen molar-refractivity contribution >= 4 is 11.6 Å². The third kappa shape index (κ3) is 2.22. The molecule has 1 aliphatic carbocycles. The minimum Gasteiger partial charge on any atom is -0.392 e. The molecule has 2 rings (SSSR count). The zero-order valence-corrected chi connectivity index (χ0v) is 10.3. The normalized spacial score (nSPS) is 25.9. The van der Waals surface area contributed by atoms with Gasteiger partial charge in [-0.25, -0.2) is 0 Å². The number of carbonyl (C=O) groups is 1. The number of hydrogen-bond donors (Lipinski definition) is 2. The van der Waals surface area contributed by atoms with Crippen molar-refractivity contribution in [3.8, 4) is 6.07 Å². The molecule has 0 aromatic heterocycles. The summed E-state index contributed by atoms with van der Waals surface area (Å²) in [6.07, 6.45) is 1.26. The SMILES string of the molecule is CC1CC(C#N)(C(=O)Nc2ccc(CO)cc2)C1. The van der Waals surface area contributed by atoms with E-state index in [1.807, 2.05) is 6.92 Å². The molecular weight excluding hydrogens is 228 g/mol. The van der Waals surface area contributed by atoms with Crippen LogP contribution in [-0.4, -0.2) is 11.0 Å². The van der Waals surface area contributed by atoms with E-state index in [1.54, 1.807) is 24.3 Å². The topological polar surface area (TPSA) is 73.1 Å². The summed E-state index contributed by atoms with van der Waals surface area (Å²) in [5.74, 6) is 0.215. The van der Waals surface area contributed by atoms with E-state index < -0.39 is 5.41 Å². The van der Waals surface area contributed by atoms with Crippen molar-refractivity contribution in [2.24, 2.45) is 11.3 Å². The molecule has 1 saturated carbocycles. The number of nitrogens with one attached hydrogen (secondary N) is 1. The van der Waals surface area contributed by atoms with E-state index in [9.17, 15) is 4.79 Å². The maximum absolute atomic E-state index is 12.1. The Hall–Kier alpha value is -1.86. The fourth-order valence-electron chi connectivity index (χ4n) is 2.40. The minimum atomic E-state index is -0.852. The molecule has 18 heavy (non-hydrogen) atoms. The van der Waals surface area contributed by atoms with Crippen molar-refractivity contribution in [2.75, 3.05) is 5.32 Å². The molecule has 0 spiro atoms. The summed E-state index contributed by atoms with van der Waals surface area (Å²) in [5, 5.41) is 20.8. The number of anilines is 1. The van der Waals surface area contributed by atoms with Gasteiger partial charge in [0.1, 0.15) is 5.41 Å². The second kappa shape index (κ2) is 4.79. The predicted molar refractivity (Wildman–Crippen MR) is 67.4 cm³/mol. The zero-order valence-electron chi connectivity index (χ0n) is 10.3. The van der Waals surface area contributed by atoms with Gasteiger partial charge in [0.25, 0.3) is 0 Å². The van der Waals surface area contributed by atoms with Gasteiger partial charge in [0.15, 0.2) is 0 Å². The Labute approximate surface area is 106 Å². The molecule has 0 saturated heterocycles. The molecule has 0 bridgehead atoms. The van der Waals surface area contributed by atoms with Crippen LogP contribution in [0.15, 0.2) is 24.3 Å². The van der Waals surface area contributed by atoms with Crippen molar-refractivity contribution in [3.63, 3.8) is 0 Å². The highest BCUT2D eigenvalue weighted by atomic mass is 16.3. The standard InChI is InChI=1S/C14H16N2O2/c1-10-6-14(7-10,9-15)13(18)16-12-4-2-11(8-17)3-5-12/h2-5,10,17H,6-8H2,1H3,(H,16,18). The Morgan fingerprint density at radius 3 is 2.56 bits per heavy atom. The lowest BCUT2D eigenvalue weighted by molar-refractivity contribution is -0.128. The van der Waals surface area contributed by atoms with Crippen molar-refractivity contribution < 1.29 is 9.90 Å². The van der Waals surface area contributed by atoms with Gasteiger partial charge >= 0.3 is 0 Å². The summed E-state index contributed by atoms with van der Waals surface area (Å²) in [5.41, 5.74) is 0.598. The Kier molecular flexibility index (Phi) is 3.35. The molecule has 0 unspecified atom stereocenters. The molecular formula is C14H16N2O2. The van der Waals surface area contributed by atoms with Crippen molar-refractivity contribution in [3.05, 3.63) is 29.8 Å². The number of benzene rings is 1. The fourth-order valence-corrected chi connectivity index (χ4v) is 2.40. The highest BCUT2D eigenvalue weighted by Gasteiger charge is 2.48. The Bertz CT molecular complexity index is 482. The third-order valence-corrected chi connectivity index (χ3v) is 3.44. The lowest BCUT2D eigenvalue weighted by Crippen LogP contribution is -2.45. The van der Waals surface area contributed by atoms with Gasteiger partial charge in [-0.3, -0.25) is 4.79 Å². The molecule has 1 aliphatic rings. The average Bonchev–Trinajstić information content (AvgIpc) is 2.35. The van der Waals surface area contributed by atoms with E-state index in [2.05, 4.69) is 11.4 Å². The lowest BCUT2D eigenvalue weighted by Gasteiger charge is -2.39. The quantitative estimate of drug-likeness (QED) is 0.854. The first-order valence-electron chi connectivity index (χ1n) is 6.02. The predicted octanol–water partition coefficient (Wildman–Crippen LogP) is 2.06. The summed E-state index contributed by atoms with van der Waals surface area (Å²) in [7, 11) is 0. The zero-order chi connectivity index (χ0) is 13.2. The van der Waals surface area contributed by atoms with Gasteiger partial charge < -0.3 is 10.4 Å². The smallest absolute Gasteiger partial charge is 0.244 e. The summed E-state index contributed by atoms with van der Waals surface area (Å²) in [6, 6.07) is 9.10. The molecule has 94 valence electrons. The molecule has 1 aromatic rings. The number of amides is 1. The van der Waals surface area contributed by atoms with E-state index in [1.165, 1.54) is 0 Å². The summed E-state index contributed by atoms with van der Waals surface area (Å²) in [6.45, 7) is 2.02. The van der Waals surface area contributed by atoms with Crippen molar-refractivity contribution in [1.29, 1.82) is 5.26 Å². The van der Waals surface area contributed by atoms with E-state index in [4.69, 9.17) is 10.4 Å². The Morgan fingerprint density at radius 1 is 1.50 bits per heavy atom. The van der Waals surface area contributed by atoms with Gasteiger partial charge in [-0.2, -0.15) is 5.26 Å². The molecule has 1 aromatic carbocycles. The van der Waals surface area contributed by atoms with Crippen LogP contribution in [0.2, 0.25) is 0 Å². The molecule has 4 heteroatoms. The molecule has 2 N–H and O–H groups in total. The molecule has 0 heterocycles. The average molecular weight is 244 g/mol. The van der Waals surface area contributed by atoms with Crippen LogP contribution < -0.4 is 5.32 Å². The van der Waals surface area contributed by atoms with Crippen molar-refractivity contribution in [1.82, 2.24) is 0 Å². The largest absolute Gasteiger partial charge is 0.392 e. The number of rotatable bonds is 3. The molecule has 4 nitrogen and oxygen atoms in total. The number of nitrogens with zero attached hydrogens (tertiary/aromatic N) is 1. The summed E-state index contributed by atoms with van der Waals surface area (Å²) < 4.78 is 0. The van der Waals surface area contributed by atoms with E-state index in [0.29, 0.717) is 24.4 Å². The van der Waals surface area contributed by atoms with Gasteiger partial charge in [0.2, 0.25) is 5.91 Å². The van der Waals surface area contributed by atoms with Gasteiger partial charge in [0.05, 0.1) is 12.7 Å². The first kappa shape index (κ1) is 12.6. The van der Waals surface area contributed by atoms with Crippen molar-refractivity contribution in [2.45, 2.75) is 26.4 Å². The molecule has 0 radical (unpaired) electrons. The minimum absolute atomic E-state index is 0.0200. The number of hydrogen-bond acceptors (Lipinski definition) is 3. The molecule has 0 atom stereocenters. The second-order valence-electron chi connectivity index (χ2n) is 5.02. The van der Waals surface area contributed by atoms with Gasteiger partial charge in [-0.15, -0.1) is 0 Å². The number of carbonyl (C=O) groups excluding carboxylic acids is 1.